The Bertz CT molecular complexity index is 1280. The zero-order valence-electron chi connectivity index (χ0n) is 18.2. The number of para-hydroxylation sites is 1. The predicted molar refractivity (Wildman–Crippen MR) is 118 cm³/mol. The topological polar surface area (TPSA) is 97.8 Å². The Morgan fingerprint density at radius 2 is 1.83 bits per heavy atom. The van der Waals surface area contributed by atoms with Crippen LogP contribution in [0.15, 0.2) is 66.9 Å². The largest absolute Gasteiger partial charge is 0.449 e. The van der Waals surface area contributed by atoms with Crippen LogP contribution >= 0.6 is 0 Å². The quantitative estimate of drug-likeness (QED) is 0.538. The van der Waals surface area contributed by atoms with Crippen molar-refractivity contribution in [3.05, 3.63) is 78.0 Å². The van der Waals surface area contributed by atoms with Crippen LogP contribution in [0.5, 0.6) is 11.6 Å². The van der Waals surface area contributed by atoms with Crippen LogP contribution < -0.4 is 15.0 Å². The SMILES string of the molecule is CC(OC(=O)c1cccnc1Oc1ccccc1)C(=O)N1CC(=O)Nc2cc(C(F)(F)F)ccc21. The van der Waals surface area contributed by atoms with Crippen molar-refractivity contribution in [1.29, 1.82) is 0 Å². The number of carbonyl (C=O) groups is 3. The molecule has 0 saturated heterocycles. The number of nitrogens with one attached hydrogen (secondary N) is 1. The van der Waals surface area contributed by atoms with Crippen molar-refractivity contribution in [3.8, 4) is 11.6 Å². The lowest BCUT2D eigenvalue weighted by Gasteiger charge is -2.31. The maximum atomic E-state index is 13.0. The minimum atomic E-state index is -4.63. The number of aromatic nitrogens is 1. The van der Waals surface area contributed by atoms with E-state index in [0.717, 1.165) is 23.1 Å². The van der Waals surface area contributed by atoms with Crippen molar-refractivity contribution in [2.24, 2.45) is 0 Å². The molecular formula is C24H18F3N3O5. The Morgan fingerprint density at radius 1 is 1.09 bits per heavy atom. The predicted octanol–water partition coefficient (Wildman–Crippen LogP) is 4.42. The standard InChI is InChI=1S/C24H18F3N3O5/c1-14(34-23(33)17-8-5-11-28-21(17)35-16-6-3-2-4-7-16)22(32)30-13-20(31)29-18-12-15(24(25,26)27)9-10-19(18)30/h2-12,14H,13H2,1H3,(H,29,31). The monoisotopic (exact) mass is 485 g/mol. The third-order valence-electron chi connectivity index (χ3n) is 5.04. The van der Waals surface area contributed by atoms with E-state index in [2.05, 4.69) is 10.3 Å². The molecule has 0 saturated carbocycles. The van der Waals surface area contributed by atoms with Crippen LogP contribution in [-0.2, 0) is 20.5 Å². The number of esters is 1. The van der Waals surface area contributed by atoms with E-state index in [0.29, 0.717) is 5.75 Å². The Morgan fingerprint density at radius 3 is 2.54 bits per heavy atom. The minimum Gasteiger partial charge on any atom is -0.449 e. The highest BCUT2D eigenvalue weighted by atomic mass is 19.4. The smallest absolute Gasteiger partial charge is 0.416 e. The summed E-state index contributed by atoms with van der Waals surface area (Å²) in [5.41, 5.74) is -1.14. The summed E-state index contributed by atoms with van der Waals surface area (Å²) in [5, 5.41) is 2.33. The van der Waals surface area contributed by atoms with E-state index in [-0.39, 0.29) is 22.8 Å². The van der Waals surface area contributed by atoms with Gasteiger partial charge in [0.1, 0.15) is 17.9 Å². The number of rotatable bonds is 5. The lowest BCUT2D eigenvalue weighted by molar-refractivity contribution is -0.137. The Balaban J connectivity index is 1.53. The number of benzene rings is 2. The summed E-state index contributed by atoms with van der Waals surface area (Å²) in [7, 11) is 0. The molecule has 1 aromatic heterocycles. The zero-order chi connectivity index (χ0) is 25.2. The van der Waals surface area contributed by atoms with Gasteiger partial charge in [0.2, 0.25) is 11.8 Å². The maximum Gasteiger partial charge on any atom is 0.416 e. The fraction of sp³-hybridized carbons (Fsp3) is 0.167. The molecule has 8 nitrogen and oxygen atoms in total. The molecule has 1 N–H and O–H groups in total. The molecule has 11 heteroatoms. The number of carbonyl (C=O) groups excluding carboxylic acids is 3. The summed E-state index contributed by atoms with van der Waals surface area (Å²) in [5.74, 6) is -1.98. The van der Waals surface area contributed by atoms with Gasteiger partial charge < -0.3 is 14.8 Å². The summed E-state index contributed by atoms with van der Waals surface area (Å²) in [6.45, 7) is 0.846. The third-order valence-corrected chi connectivity index (χ3v) is 5.04. The molecule has 0 bridgehead atoms. The first-order valence-corrected chi connectivity index (χ1v) is 10.3. The number of nitrogens with zero attached hydrogens (tertiary/aromatic N) is 2. The number of anilines is 2. The third kappa shape index (κ3) is 5.24. The molecule has 2 amide bonds. The molecule has 3 aromatic rings. The molecular weight excluding hydrogens is 467 g/mol. The summed E-state index contributed by atoms with van der Waals surface area (Å²) in [4.78, 5) is 42.9. The van der Waals surface area contributed by atoms with Crippen molar-refractivity contribution in [3.63, 3.8) is 0 Å². The average molecular weight is 485 g/mol. The lowest BCUT2D eigenvalue weighted by atomic mass is 10.1. The summed E-state index contributed by atoms with van der Waals surface area (Å²) >= 11 is 0. The van der Waals surface area contributed by atoms with E-state index in [1.54, 1.807) is 30.3 Å². The molecule has 1 aliphatic heterocycles. The lowest BCUT2D eigenvalue weighted by Crippen LogP contribution is -2.47. The van der Waals surface area contributed by atoms with E-state index < -0.39 is 42.2 Å². The van der Waals surface area contributed by atoms with Gasteiger partial charge in [0, 0.05) is 6.20 Å². The van der Waals surface area contributed by atoms with Crippen LogP contribution in [0.4, 0.5) is 24.5 Å². The highest BCUT2D eigenvalue weighted by molar-refractivity contribution is 6.11. The first-order chi connectivity index (χ1) is 16.6. The van der Waals surface area contributed by atoms with Gasteiger partial charge in [-0.05, 0) is 49.4 Å². The molecule has 35 heavy (non-hydrogen) atoms. The van der Waals surface area contributed by atoms with Crippen LogP contribution in [-0.4, -0.2) is 35.4 Å². The van der Waals surface area contributed by atoms with E-state index >= 15 is 0 Å². The molecule has 0 radical (unpaired) electrons. The van der Waals surface area contributed by atoms with Gasteiger partial charge in [0.15, 0.2) is 6.10 Å². The molecule has 2 heterocycles. The van der Waals surface area contributed by atoms with Gasteiger partial charge in [-0.2, -0.15) is 13.2 Å². The van der Waals surface area contributed by atoms with Gasteiger partial charge in [0.05, 0.1) is 16.9 Å². The van der Waals surface area contributed by atoms with Crippen LogP contribution in [0.3, 0.4) is 0 Å². The second-order valence-corrected chi connectivity index (χ2v) is 7.52. The normalized spacial score (nSPS) is 13.9. The van der Waals surface area contributed by atoms with Gasteiger partial charge >= 0.3 is 12.1 Å². The molecule has 1 aliphatic rings. The minimum absolute atomic E-state index is 0.0364. The highest BCUT2D eigenvalue weighted by Gasteiger charge is 2.36. The molecule has 2 aromatic carbocycles. The number of pyridine rings is 1. The van der Waals surface area contributed by atoms with Gasteiger partial charge in [-0.25, -0.2) is 9.78 Å². The highest BCUT2D eigenvalue weighted by Crippen LogP contribution is 2.37. The molecule has 1 unspecified atom stereocenters. The first kappa shape index (κ1) is 23.7. The number of amides is 2. The number of halogens is 3. The van der Waals surface area contributed by atoms with E-state index in [1.807, 2.05) is 0 Å². The van der Waals surface area contributed by atoms with Crippen molar-refractivity contribution in [2.75, 3.05) is 16.8 Å². The Labute approximate surface area is 197 Å². The average Bonchev–Trinajstić information content (AvgIpc) is 2.83. The summed E-state index contributed by atoms with van der Waals surface area (Å²) in [6.07, 6.45) is -4.58. The van der Waals surface area contributed by atoms with Crippen LogP contribution in [0, 0.1) is 0 Å². The number of hydrogen-bond acceptors (Lipinski definition) is 6. The number of hydrogen-bond donors (Lipinski definition) is 1. The van der Waals surface area contributed by atoms with Crippen LogP contribution in [0.25, 0.3) is 0 Å². The number of ether oxygens (including phenoxy) is 2. The summed E-state index contributed by atoms with van der Waals surface area (Å²) in [6, 6.07) is 14.1. The van der Waals surface area contributed by atoms with Crippen molar-refractivity contribution in [2.45, 2.75) is 19.2 Å². The molecule has 1 atom stereocenters. The summed E-state index contributed by atoms with van der Waals surface area (Å²) < 4.78 is 50.1. The van der Waals surface area contributed by atoms with Gasteiger partial charge in [-0.3, -0.25) is 14.5 Å². The van der Waals surface area contributed by atoms with Crippen molar-refractivity contribution in [1.82, 2.24) is 4.98 Å². The molecule has 0 fully saturated rings. The van der Waals surface area contributed by atoms with Crippen molar-refractivity contribution < 1.29 is 37.0 Å². The van der Waals surface area contributed by atoms with Gasteiger partial charge in [0.25, 0.3) is 5.91 Å². The Kier molecular flexibility index (Phi) is 6.41. The number of alkyl halides is 3. The zero-order valence-corrected chi connectivity index (χ0v) is 18.2. The molecule has 180 valence electrons. The van der Waals surface area contributed by atoms with E-state index in [4.69, 9.17) is 9.47 Å². The van der Waals surface area contributed by atoms with Gasteiger partial charge in [-0.15, -0.1) is 0 Å². The van der Waals surface area contributed by atoms with Gasteiger partial charge in [-0.1, -0.05) is 18.2 Å². The number of fused-ring (bicyclic) bond motifs is 1. The fourth-order valence-electron chi connectivity index (χ4n) is 3.38. The second-order valence-electron chi connectivity index (χ2n) is 7.52. The molecule has 4 rings (SSSR count). The Hall–Kier alpha value is -4.41. The molecule has 0 aliphatic carbocycles. The van der Waals surface area contributed by atoms with Crippen LogP contribution in [0.1, 0.15) is 22.8 Å². The van der Waals surface area contributed by atoms with E-state index in [9.17, 15) is 27.6 Å². The van der Waals surface area contributed by atoms with Crippen molar-refractivity contribution >= 4 is 29.2 Å². The van der Waals surface area contributed by atoms with E-state index in [1.165, 1.54) is 25.3 Å². The van der Waals surface area contributed by atoms with Crippen LogP contribution in [0.2, 0.25) is 0 Å². The first-order valence-electron chi connectivity index (χ1n) is 10.3. The maximum absolute atomic E-state index is 13.0. The second kappa shape index (κ2) is 9.45. The molecule has 0 spiro atoms. The fourth-order valence-corrected chi connectivity index (χ4v) is 3.38.